The number of rotatable bonds is 4. The summed E-state index contributed by atoms with van der Waals surface area (Å²) in [5.41, 5.74) is 1.96. The molecule has 0 N–H and O–H groups in total. The molecule has 90 valence electrons. The maximum absolute atomic E-state index is 11.8. The molecule has 1 aromatic carbocycles. The molecule has 0 fully saturated rings. The zero-order valence-electron chi connectivity index (χ0n) is 10.3. The molecule has 0 aliphatic carbocycles. The van der Waals surface area contributed by atoms with Crippen LogP contribution in [0.2, 0.25) is 0 Å². The summed E-state index contributed by atoms with van der Waals surface area (Å²) in [5, 5.41) is 0. The van der Waals surface area contributed by atoms with E-state index in [0.29, 0.717) is 6.42 Å². The second-order valence-corrected chi connectivity index (χ2v) is 4.10. The van der Waals surface area contributed by atoms with Crippen molar-refractivity contribution in [2.24, 2.45) is 7.05 Å². The van der Waals surface area contributed by atoms with E-state index in [1.807, 2.05) is 35.9 Å². The highest BCUT2D eigenvalue weighted by molar-refractivity contribution is 5.85. The van der Waals surface area contributed by atoms with Gasteiger partial charge in [-0.1, -0.05) is 12.1 Å². The van der Waals surface area contributed by atoms with Gasteiger partial charge in [-0.3, -0.25) is 4.79 Å². The highest BCUT2D eigenvalue weighted by Gasteiger charge is 2.16. The van der Waals surface area contributed by atoms with Crippen molar-refractivity contribution in [1.29, 1.82) is 0 Å². The number of ether oxygens (including phenoxy) is 1. The van der Waals surface area contributed by atoms with Gasteiger partial charge in [0.05, 0.1) is 17.5 Å². The maximum Gasteiger partial charge on any atom is 0.168 e. The number of fused-ring (bicyclic) bond motifs is 1. The van der Waals surface area contributed by atoms with E-state index in [2.05, 4.69) is 4.98 Å². The molecule has 1 heterocycles. The third kappa shape index (κ3) is 2.22. The van der Waals surface area contributed by atoms with E-state index in [0.717, 1.165) is 16.9 Å². The van der Waals surface area contributed by atoms with Gasteiger partial charge >= 0.3 is 0 Å². The number of nitrogens with zero attached hydrogens (tertiary/aromatic N) is 2. The number of Topliss-reactive ketones (excluding diaryl/α,β-unsaturated/α-hetero) is 1. The number of methoxy groups -OCH3 is 1. The zero-order chi connectivity index (χ0) is 12.4. The van der Waals surface area contributed by atoms with Crippen molar-refractivity contribution in [2.45, 2.75) is 19.4 Å². The van der Waals surface area contributed by atoms with Gasteiger partial charge in [0.2, 0.25) is 0 Å². The fourth-order valence-corrected chi connectivity index (χ4v) is 1.78. The second kappa shape index (κ2) is 4.67. The fraction of sp³-hybridized carbons (Fsp3) is 0.385. The normalized spacial score (nSPS) is 12.9. The summed E-state index contributed by atoms with van der Waals surface area (Å²) in [6.07, 6.45) is -0.0741. The molecule has 17 heavy (non-hydrogen) atoms. The molecule has 0 bridgehead atoms. The summed E-state index contributed by atoms with van der Waals surface area (Å²) in [5.74, 6) is 0.825. The Hall–Kier alpha value is -1.68. The Labute approximate surface area is 100 Å². The predicted molar refractivity (Wildman–Crippen MR) is 65.9 cm³/mol. The molecule has 2 aromatic rings. The Morgan fingerprint density at radius 2 is 2.18 bits per heavy atom. The number of para-hydroxylation sites is 2. The summed E-state index contributed by atoms with van der Waals surface area (Å²) in [6, 6.07) is 7.85. The van der Waals surface area contributed by atoms with Crippen molar-refractivity contribution in [1.82, 2.24) is 9.55 Å². The van der Waals surface area contributed by atoms with Crippen molar-refractivity contribution in [3.63, 3.8) is 0 Å². The smallest absolute Gasteiger partial charge is 0.168 e. The molecule has 4 nitrogen and oxygen atoms in total. The van der Waals surface area contributed by atoms with E-state index >= 15 is 0 Å². The van der Waals surface area contributed by atoms with Crippen LogP contribution in [0.3, 0.4) is 0 Å². The molecule has 0 aliphatic rings. The van der Waals surface area contributed by atoms with Crippen molar-refractivity contribution in [3.05, 3.63) is 30.1 Å². The molecule has 4 heteroatoms. The number of aryl methyl sites for hydroxylation is 1. The summed E-state index contributed by atoms with van der Waals surface area (Å²) < 4.78 is 6.97. The summed E-state index contributed by atoms with van der Waals surface area (Å²) in [4.78, 5) is 16.2. The van der Waals surface area contributed by atoms with Crippen LogP contribution in [0.5, 0.6) is 0 Å². The Morgan fingerprint density at radius 3 is 2.82 bits per heavy atom. The van der Waals surface area contributed by atoms with E-state index in [1.54, 1.807) is 6.92 Å². The predicted octanol–water partition coefficient (Wildman–Crippen LogP) is 1.72. The first-order valence-corrected chi connectivity index (χ1v) is 5.59. The Bertz CT molecular complexity index is 545. The standard InChI is InChI=1S/C13H16N2O2/c1-9(17-3)12(16)8-13-14-10-6-4-5-7-11(10)15(13)2/h4-7,9H,8H2,1-3H3. The average Bonchev–Trinajstić information content (AvgIpc) is 2.66. The van der Waals surface area contributed by atoms with Gasteiger partial charge in [-0.25, -0.2) is 4.98 Å². The van der Waals surface area contributed by atoms with Gasteiger partial charge in [0.25, 0.3) is 0 Å². The molecule has 0 saturated carbocycles. The monoisotopic (exact) mass is 232 g/mol. The molecule has 0 saturated heterocycles. The number of imidazole rings is 1. The van der Waals surface area contributed by atoms with Crippen LogP contribution in [0, 0.1) is 0 Å². The average molecular weight is 232 g/mol. The lowest BCUT2D eigenvalue weighted by molar-refractivity contribution is -0.127. The van der Waals surface area contributed by atoms with E-state index in [-0.39, 0.29) is 11.9 Å². The van der Waals surface area contributed by atoms with Crippen LogP contribution in [-0.2, 0) is 23.0 Å². The highest BCUT2D eigenvalue weighted by atomic mass is 16.5. The molecule has 1 atom stereocenters. The van der Waals surface area contributed by atoms with Crippen LogP contribution in [-0.4, -0.2) is 28.5 Å². The first kappa shape index (κ1) is 11.8. The number of hydrogen-bond donors (Lipinski definition) is 0. The lowest BCUT2D eigenvalue weighted by Crippen LogP contribution is -2.22. The number of ketones is 1. The molecule has 0 radical (unpaired) electrons. The van der Waals surface area contributed by atoms with Crippen molar-refractivity contribution >= 4 is 16.8 Å². The van der Waals surface area contributed by atoms with Gasteiger partial charge < -0.3 is 9.30 Å². The first-order valence-electron chi connectivity index (χ1n) is 5.59. The molecule has 1 aromatic heterocycles. The van der Waals surface area contributed by atoms with E-state index in [1.165, 1.54) is 7.11 Å². The number of aromatic nitrogens is 2. The third-order valence-corrected chi connectivity index (χ3v) is 3.02. The molecule has 0 aliphatic heterocycles. The second-order valence-electron chi connectivity index (χ2n) is 4.10. The Balaban J connectivity index is 2.30. The third-order valence-electron chi connectivity index (χ3n) is 3.02. The molecule has 2 rings (SSSR count). The van der Waals surface area contributed by atoms with Gasteiger partial charge in [-0.15, -0.1) is 0 Å². The lowest BCUT2D eigenvalue weighted by Gasteiger charge is -2.07. The quantitative estimate of drug-likeness (QED) is 0.806. The van der Waals surface area contributed by atoms with E-state index in [9.17, 15) is 4.79 Å². The largest absolute Gasteiger partial charge is 0.374 e. The number of benzene rings is 1. The first-order chi connectivity index (χ1) is 8.13. The van der Waals surface area contributed by atoms with Crippen LogP contribution in [0.15, 0.2) is 24.3 Å². The minimum absolute atomic E-state index is 0.0471. The van der Waals surface area contributed by atoms with E-state index < -0.39 is 0 Å². The van der Waals surface area contributed by atoms with Gasteiger partial charge in [0.15, 0.2) is 5.78 Å². The van der Waals surface area contributed by atoms with Gasteiger partial charge in [-0.2, -0.15) is 0 Å². The lowest BCUT2D eigenvalue weighted by atomic mass is 10.2. The van der Waals surface area contributed by atoms with Crippen molar-refractivity contribution < 1.29 is 9.53 Å². The maximum atomic E-state index is 11.8. The summed E-state index contributed by atoms with van der Waals surface area (Å²) >= 11 is 0. The minimum atomic E-state index is -0.380. The molecular weight excluding hydrogens is 216 g/mol. The number of carbonyl (C=O) groups excluding carboxylic acids is 1. The molecule has 1 unspecified atom stereocenters. The van der Waals surface area contributed by atoms with Gasteiger partial charge in [0.1, 0.15) is 11.9 Å². The zero-order valence-corrected chi connectivity index (χ0v) is 10.3. The van der Waals surface area contributed by atoms with Crippen molar-refractivity contribution in [3.8, 4) is 0 Å². The SMILES string of the molecule is COC(C)C(=O)Cc1nc2ccccc2n1C. The van der Waals surface area contributed by atoms with Crippen LogP contribution < -0.4 is 0 Å². The van der Waals surface area contributed by atoms with Gasteiger partial charge in [0, 0.05) is 14.2 Å². The van der Waals surface area contributed by atoms with Crippen LogP contribution >= 0.6 is 0 Å². The fourth-order valence-electron chi connectivity index (χ4n) is 1.78. The van der Waals surface area contributed by atoms with Crippen molar-refractivity contribution in [2.75, 3.05) is 7.11 Å². The summed E-state index contributed by atoms with van der Waals surface area (Å²) in [6.45, 7) is 1.75. The number of hydrogen-bond acceptors (Lipinski definition) is 3. The van der Waals surface area contributed by atoms with Gasteiger partial charge in [-0.05, 0) is 19.1 Å². The van der Waals surface area contributed by atoms with Crippen LogP contribution in [0.25, 0.3) is 11.0 Å². The highest BCUT2D eigenvalue weighted by Crippen LogP contribution is 2.15. The van der Waals surface area contributed by atoms with E-state index in [4.69, 9.17) is 4.74 Å². The molecular formula is C13H16N2O2. The topological polar surface area (TPSA) is 44.1 Å². The minimum Gasteiger partial charge on any atom is -0.374 e. The van der Waals surface area contributed by atoms with Crippen LogP contribution in [0.4, 0.5) is 0 Å². The number of carbonyl (C=O) groups is 1. The van der Waals surface area contributed by atoms with Crippen LogP contribution in [0.1, 0.15) is 12.7 Å². The molecule has 0 amide bonds. The Morgan fingerprint density at radius 1 is 1.47 bits per heavy atom. The Kier molecular flexibility index (Phi) is 3.24. The molecule has 0 spiro atoms. The summed E-state index contributed by atoms with van der Waals surface area (Å²) in [7, 11) is 3.47.